The van der Waals surface area contributed by atoms with Crippen molar-refractivity contribution in [1.82, 2.24) is 0 Å². The topological polar surface area (TPSA) is 71.2 Å². The molecule has 2 amide bonds. The maximum absolute atomic E-state index is 11.5. The third-order valence-corrected chi connectivity index (χ3v) is 1.96. The second-order valence-corrected chi connectivity index (χ2v) is 2.91. The van der Waals surface area contributed by atoms with Crippen molar-refractivity contribution in [2.24, 2.45) is 0 Å². The molecule has 0 aromatic carbocycles. The van der Waals surface area contributed by atoms with Crippen LogP contribution < -0.4 is 10.0 Å². The maximum Gasteiger partial charge on any atom is 0.436 e. The van der Waals surface area contributed by atoms with E-state index in [4.69, 9.17) is 0 Å². The maximum atomic E-state index is 11.5. The van der Waals surface area contributed by atoms with Gasteiger partial charge in [-0.2, -0.15) is 0 Å². The molecule has 14 heavy (non-hydrogen) atoms. The molecule has 2 rings (SSSR count). The van der Waals surface area contributed by atoms with Gasteiger partial charge in [-0.3, -0.25) is 0 Å². The molecule has 0 spiro atoms. The standard InChI is InChI=1S/C8H10N4O2/c13-7(11-5-1-3-9-11)8(14)12-6-2-4-10-12/h1-2,5-6,11-12H,3-4H2. The predicted octanol–water partition coefficient (Wildman–Crippen LogP) is -2.56. The van der Waals surface area contributed by atoms with E-state index in [2.05, 4.69) is 10.9 Å². The minimum Gasteiger partial charge on any atom is -0.437 e. The van der Waals surface area contributed by atoms with E-state index in [9.17, 15) is 9.59 Å². The number of hydrogen-bond acceptors (Lipinski definition) is 2. The van der Waals surface area contributed by atoms with Gasteiger partial charge in [-0.25, -0.2) is 9.59 Å². The third kappa shape index (κ3) is 1.64. The molecule has 0 aromatic heterocycles. The van der Waals surface area contributed by atoms with Crippen molar-refractivity contribution in [3.05, 3.63) is 35.4 Å². The lowest BCUT2D eigenvalue weighted by molar-refractivity contribution is -0.744. The van der Waals surface area contributed by atoms with E-state index in [0.717, 1.165) is 0 Å². The van der Waals surface area contributed by atoms with Gasteiger partial charge in [-0.15, -0.1) is 0 Å². The summed E-state index contributed by atoms with van der Waals surface area (Å²) < 4.78 is 0. The quantitative estimate of drug-likeness (QED) is 0.416. The SMILES string of the molecule is O=C(C(=O)[NH+]1C=CC[N-]1)[NH+]1C=CC[N-]1. The first-order valence-corrected chi connectivity index (χ1v) is 4.30. The van der Waals surface area contributed by atoms with Gasteiger partial charge in [0, 0.05) is 0 Å². The lowest BCUT2D eigenvalue weighted by Crippen LogP contribution is -3.16. The normalized spacial score (nSPS) is 29.7. The average Bonchev–Trinajstić information content (AvgIpc) is 2.87. The molecule has 0 saturated heterocycles. The summed E-state index contributed by atoms with van der Waals surface area (Å²) in [5.74, 6) is -1.13. The first-order chi connectivity index (χ1) is 6.79. The van der Waals surface area contributed by atoms with Crippen molar-refractivity contribution < 1.29 is 19.6 Å². The molecule has 0 aliphatic carbocycles. The minimum atomic E-state index is -0.566. The fourth-order valence-electron chi connectivity index (χ4n) is 1.26. The highest BCUT2D eigenvalue weighted by atomic mass is 16.2. The van der Waals surface area contributed by atoms with E-state index >= 15 is 0 Å². The van der Waals surface area contributed by atoms with E-state index in [-0.39, 0.29) is 10.0 Å². The van der Waals surface area contributed by atoms with Gasteiger partial charge >= 0.3 is 11.8 Å². The van der Waals surface area contributed by atoms with Crippen molar-refractivity contribution in [3.63, 3.8) is 0 Å². The van der Waals surface area contributed by atoms with Crippen LogP contribution in [0.3, 0.4) is 0 Å². The Labute approximate surface area is 80.8 Å². The number of quaternary nitrogens is 2. The molecule has 2 N–H and O–H groups in total. The molecule has 6 nitrogen and oxygen atoms in total. The first kappa shape index (κ1) is 9.22. The van der Waals surface area contributed by atoms with Crippen LogP contribution in [0.5, 0.6) is 0 Å². The van der Waals surface area contributed by atoms with Crippen molar-refractivity contribution in [2.75, 3.05) is 13.1 Å². The highest BCUT2D eigenvalue weighted by molar-refractivity contribution is 6.27. The molecule has 0 saturated carbocycles. The van der Waals surface area contributed by atoms with Crippen molar-refractivity contribution in [1.29, 1.82) is 0 Å². The van der Waals surface area contributed by atoms with E-state index in [0.29, 0.717) is 13.1 Å². The molecule has 0 bridgehead atoms. The third-order valence-electron chi connectivity index (χ3n) is 1.96. The van der Waals surface area contributed by atoms with Gasteiger partial charge in [0.15, 0.2) is 0 Å². The zero-order valence-electron chi connectivity index (χ0n) is 7.43. The van der Waals surface area contributed by atoms with Crippen LogP contribution in [0.2, 0.25) is 0 Å². The second kappa shape index (κ2) is 3.81. The number of hydrogen-bond donors (Lipinski definition) is 2. The lowest BCUT2D eigenvalue weighted by Gasteiger charge is -2.21. The highest BCUT2D eigenvalue weighted by Crippen LogP contribution is 1.85. The fraction of sp³-hybridized carbons (Fsp3) is 0.250. The van der Waals surface area contributed by atoms with Crippen LogP contribution in [0.15, 0.2) is 24.6 Å². The summed E-state index contributed by atoms with van der Waals surface area (Å²) in [6, 6.07) is 0. The molecule has 6 heteroatoms. The number of carbonyl (C=O) groups is 2. The number of nitrogens with one attached hydrogen (secondary N) is 2. The second-order valence-electron chi connectivity index (χ2n) is 2.91. The summed E-state index contributed by atoms with van der Waals surface area (Å²) in [6.45, 7) is 0.966. The van der Waals surface area contributed by atoms with E-state index in [1.165, 1.54) is 0 Å². The Balaban J connectivity index is 2.00. The van der Waals surface area contributed by atoms with Gasteiger partial charge in [0.25, 0.3) is 0 Å². The molecule has 2 unspecified atom stereocenters. The van der Waals surface area contributed by atoms with Crippen molar-refractivity contribution in [2.45, 2.75) is 0 Å². The lowest BCUT2D eigenvalue weighted by atomic mass is 10.5. The van der Waals surface area contributed by atoms with Crippen LogP contribution in [0.4, 0.5) is 0 Å². The zero-order valence-corrected chi connectivity index (χ0v) is 7.43. The summed E-state index contributed by atoms with van der Waals surface area (Å²) >= 11 is 0. The van der Waals surface area contributed by atoms with E-state index in [1.54, 1.807) is 24.6 Å². The van der Waals surface area contributed by atoms with Gasteiger partial charge in [0.05, 0.1) is 12.4 Å². The highest BCUT2D eigenvalue weighted by Gasteiger charge is 2.29. The van der Waals surface area contributed by atoms with Crippen LogP contribution >= 0.6 is 0 Å². The van der Waals surface area contributed by atoms with Crippen molar-refractivity contribution >= 4 is 11.8 Å². The van der Waals surface area contributed by atoms with Crippen LogP contribution in [0.25, 0.3) is 10.9 Å². The molecule has 2 aliphatic heterocycles. The number of amides is 2. The van der Waals surface area contributed by atoms with Crippen LogP contribution in [-0.4, -0.2) is 24.9 Å². The molecular formula is C8H10N4O2. The molecule has 2 atom stereocenters. The minimum absolute atomic E-state index is 0.234. The number of nitrogens with zero attached hydrogens (tertiary/aromatic N) is 2. The predicted molar refractivity (Wildman–Crippen MR) is 46.7 cm³/mol. The molecule has 2 aliphatic rings. The summed E-state index contributed by atoms with van der Waals surface area (Å²) in [5, 5.41) is 0.469. The fourth-order valence-corrected chi connectivity index (χ4v) is 1.26. The number of rotatable bonds is 0. The Morgan fingerprint density at radius 2 is 1.36 bits per heavy atom. The number of carbonyl (C=O) groups excluding carboxylic acids is 2. The zero-order chi connectivity index (χ0) is 9.97. The van der Waals surface area contributed by atoms with Gasteiger partial charge in [0.1, 0.15) is 0 Å². The Kier molecular flexibility index (Phi) is 2.51. The van der Waals surface area contributed by atoms with Crippen LogP contribution in [0.1, 0.15) is 0 Å². The molecule has 0 radical (unpaired) electrons. The molecule has 74 valence electrons. The van der Waals surface area contributed by atoms with Gasteiger partial charge in [0.2, 0.25) is 0 Å². The molecule has 0 aromatic rings. The van der Waals surface area contributed by atoms with Gasteiger partial charge in [-0.05, 0) is 12.2 Å². The Bertz CT molecular complexity index is 291. The molecule has 2 heterocycles. The van der Waals surface area contributed by atoms with Crippen LogP contribution in [-0.2, 0) is 9.59 Å². The first-order valence-electron chi connectivity index (χ1n) is 4.30. The van der Waals surface area contributed by atoms with Crippen LogP contribution in [0, 0.1) is 0 Å². The monoisotopic (exact) mass is 194 g/mol. The summed E-state index contributed by atoms with van der Waals surface area (Å²) in [6.07, 6.45) is 6.62. The van der Waals surface area contributed by atoms with E-state index < -0.39 is 11.8 Å². The van der Waals surface area contributed by atoms with Crippen molar-refractivity contribution in [3.8, 4) is 0 Å². The van der Waals surface area contributed by atoms with E-state index in [1.807, 2.05) is 0 Å². The average molecular weight is 194 g/mol. The molecular weight excluding hydrogens is 184 g/mol. The smallest absolute Gasteiger partial charge is 0.436 e. The van der Waals surface area contributed by atoms with Gasteiger partial charge < -0.3 is 20.9 Å². The Morgan fingerprint density at radius 3 is 1.64 bits per heavy atom. The summed E-state index contributed by atoms with van der Waals surface area (Å²) in [4.78, 5) is 23.0. The largest absolute Gasteiger partial charge is 0.437 e. The summed E-state index contributed by atoms with van der Waals surface area (Å²) in [5.41, 5.74) is 7.77. The Morgan fingerprint density at radius 1 is 0.929 bits per heavy atom. The molecule has 0 fully saturated rings. The van der Waals surface area contributed by atoms with Gasteiger partial charge in [-0.1, -0.05) is 13.1 Å². The summed E-state index contributed by atoms with van der Waals surface area (Å²) in [7, 11) is 0. The Hall–Kier alpha value is -1.34.